The van der Waals surface area contributed by atoms with Gasteiger partial charge in [0.25, 0.3) is 0 Å². The first-order chi connectivity index (χ1) is 11.4. The summed E-state index contributed by atoms with van der Waals surface area (Å²) in [7, 11) is 0. The second kappa shape index (κ2) is 6.72. The number of carbonyl (C=O) groups is 1. The van der Waals surface area contributed by atoms with Crippen LogP contribution in [0.4, 0.5) is 13.2 Å². The number of piperazine rings is 1. The van der Waals surface area contributed by atoms with Gasteiger partial charge in [-0.25, -0.2) is 0 Å². The number of hydrogen-bond donors (Lipinski definition) is 0. The maximum absolute atomic E-state index is 13.6. The van der Waals surface area contributed by atoms with Crippen molar-refractivity contribution in [1.82, 2.24) is 9.80 Å². The van der Waals surface area contributed by atoms with Gasteiger partial charge in [0.1, 0.15) is 18.2 Å². The zero-order chi connectivity index (χ0) is 17.3. The van der Waals surface area contributed by atoms with Gasteiger partial charge in [0, 0.05) is 32.6 Å². The molecule has 2 saturated heterocycles. The molecule has 132 valence electrons. The van der Waals surface area contributed by atoms with E-state index in [1.165, 1.54) is 17.0 Å². The van der Waals surface area contributed by atoms with Crippen molar-refractivity contribution in [3.63, 3.8) is 0 Å². The molecule has 7 heteroatoms. The van der Waals surface area contributed by atoms with Crippen LogP contribution in [0.1, 0.15) is 24.9 Å². The van der Waals surface area contributed by atoms with Gasteiger partial charge in [0.2, 0.25) is 0 Å². The van der Waals surface area contributed by atoms with Crippen molar-refractivity contribution in [2.45, 2.75) is 37.7 Å². The highest BCUT2D eigenvalue weighted by atomic mass is 19.4. The van der Waals surface area contributed by atoms with Gasteiger partial charge in [-0.15, -0.1) is 0 Å². The summed E-state index contributed by atoms with van der Waals surface area (Å²) in [5.74, 6) is -0.258. The lowest BCUT2D eigenvalue weighted by Crippen LogP contribution is -2.54. The minimum atomic E-state index is -4.33. The van der Waals surface area contributed by atoms with E-state index >= 15 is 0 Å². The van der Waals surface area contributed by atoms with Gasteiger partial charge >= 0.3 is 12.1 Å². The Bertz CT molecular complexity index is 571. The van der Waals surface area contributed by atoms with Gasteiger partial charge in [0.05, 0.1) is 0 Å². The van der Waals surface area contributed by atoms with Crippen LogP contribution in [-0.4, -0.2) is 60.3 Å². The van der Waals surface area contributed by atoms with E-state index in [2.05, 4.69) is 0 Å². The zero-order valence-corrected chi connectivity index (χ0v) is 13.5. The van der Waals surface area contributed by atoms with Crippen molar-refractivity contribution < 1.29 is 22.7 Å². The first kappa shape index (κ1) is 17.2. The number of benzene rings is 1. The second-order valence-electron chi connectivity index (χ2n) is 6.43. The highest BCUT2D eigenvalue weighted by molar-refractivity contribution is 5.78. The molecule has 0 radical (unpaired) electrons. The molecule has 4 nitrogen and oxygen atoms in total. The normalized spacial score (nSPS) is 27.9. The standard InChI is InChI=1S/C17H21F3N2O2/c1-12-11-14(16(23)24-12)21-7-9-22(10-8-21)15(17(18,19)20)13-5-3-2-4-6-13/h2-6,12,14-15H,7-11H2,1H3/t12-,14+,15-/m1/s1. The molecular weight excluding hydrogens is 321 g/mol. The Hall–Kier alpha value is -1.60. The molecule has 0 N–H and O–H groups in total. The number of carbonyl (C=O) groups excluding carboxylic acids is 1. The predicted octanol–water partition coefficient (Wildman–Crippen LogP) is 2.61. The first-order valence-electron chi connectivity index (χ1n) is 8.16. The summed E-state index contributed by atoms with van der Waals surface area (Å²) in [6, 6.07) is 6.07. The van der Waals surface area contributed by atoms with Gasteiger partial charge in [-0.05, 0) is 12.5 Å². The van der Waals surface area contributed by atoms with E-state index < -0.39 is 12.2 Å². The predicted molar refractivity (Wildman–Crippen MR) is 82.3 cm³/mol. The van der Waals surface area contributed by atoms with E-state index in [1.807, 2.05) is 11.8 Å². The molecule has 0 aliphatic carbocycles. The number of halogens is 3. The van der Waals surface area contributed by atoms with Crippen LogP contribution in [0, 0.1) is 0 Å². The van der Waals surface area contributed by atoms with Gasteiger partial charge in [-0.3, -0.25) is 14.6 Å². The summed E-state index contributed by atoms with van der Waals surface area (Å²) in [6.45, 7) is 3.26. The van der Waals surface area contributed by atoms with Crippen molar-refractivity contribution in [2.24, 2.45) is 0 Å². The van der Waals surface area contributed by atoms with Crippen LogP contribution in [0.15, 0.2) is 30.3 Å². The van der Waals surface area contributed by atoms with Crippen LogP contribution in [0.25, 0.3) is 0 Å². The third-order valence-corrected chi connectivity index (χ3v) is 4.72. The van der Waals surface area contributed by atoms with Gasteiger partial charge in [0.15, 0.2) is 0 Å². The zero-order valence-electron chi connectivity index (χ0n) is 13.5. The second-order valence-corrected chi connectivity index (χ2v) is 6.43. The minimum Gasteiger partial charge on any atom is -0.461 e. The third-order valence-electron chi connectivity index (χ3n) is 4.72. The number of alkyl halides is 3. The molecule has 1 aromatic carbocycles. The minimum absolute atomic E-state index is 0.118. The van der Waals surface area contributed by atoms with E-state index in [0.717, 1.165) is 0 Å². The molecule has 2 aliphatic heterocycles. The lowest BCUT2D eigenvalue weighted by atomic mass is 10.0. The Morgan fingerprint density at radius 1 is 1.12 bits per heavy atom. The number of rotatable bonds is 3. The number of ether oxygens (including phenoxy) is 1. The molecule has 3 rings (SSSR count). The quantitative estimate of drug-likeness (QED) is 0.791. The van der Waals surface area contributed by atoms with E-state index in [9.17, 15) is 18.0 Å². The van der Waals surface area contributed by atoms with Gasteiger partial charge in [-0.2, -0.15) is 13.2 Å². The van der Waals surface area contributed by atoms with Crippen LogP contribution < -0.4 is 0 Å². The lowest BCUT2D eigenvalue weighted by molar-refractivity contribution is -0.191. The van der Waals surface area contributed by atoms with Crippen molar-refractivity contribution in [3.05, 3.63) is 35.9 Å². The monoisotopic (exact) mass is 342 g/mol. The van der Waals surface area contributed by atoms with E-state index in [1.54, 1.807) is 18.2 Å². The fourth-order valence-electron chi connectivity index (χ4n) is 3.58. The van der Waals surface area contributed by atoms with Crippen LogP contribution >= 0.6 is 0 Å². The molecule has 2 aliphatic rings. The van der Waals surface area contributed by atoms with Crippen LogP contribution in [0.2, 0.25) is 0 Å². The molecule has 24 heavy (non-hydrogen) atoms. The van der Waals surface area contributed by atoms with Crippen LogP contribution in [-0.2, 0) is 9.53 Å². The molecule has 0 amide bonds. The summed E-state index contributed by atoms with van der Waals surface area (Å²) in [5, 5.41) is 0. The highest BCUT2D eigenvalue weighted by Gasteiger charge is 2.46. The molecule has 0 spiro atoms. The van der Waals surface area contributed by atoms with E-state index in [-0.39, 0.29) is 36.8 Å². The maximum Gasteiger partial charge on any atom is 0.408 e. The van der Waals surface area contributed by atoms with Crippen molar-refractivity contribution in [1.29, 1.82) is 0 Å². The summed E-state index contributed by atoms with van der Waals surface area (Å²) >= 11 is 0. The summed E-state index contributed by atoms with van der Waals surface area (Å²) in [6.07, 6.45) is -3.84. The van der Waals surface area contributed by atoms with Crippen molar-refractivity contribution in [3.8, 4) is 0 Å². The average Bonchev–Trinajstić information content (AvgIpc) is 2.86. The average molecular weight is 342 g/mol. The molecule has 0 aromatic heterocycles. The fourth-order valence-corrected chi connectivity index (χ4v) is 3.58. The number of hydrogen-bond acceptors (Lipinski definition) is 4. The molecule has 3 atom stereocenters. The molecule has 0 saturated carbocycles. The number of esters is 1. The topological polar surface area (TPSA) is 32.8 Å². The Labute approximate surface area is 139 Å². The Morgan fingerprint density at radius 3 is 2.25 bits per heavy atom. The lowest BCUT2D eigenvalue weighted by Gasteiger charge is -2.41. The fraction of sp³-hybridized carbons (Fsp3) is 0.588. The molecule has 2 fully saturated rings. The van der Waals surface area contributed by atoms with Crippen molar-refractivity contribution >= 4 is 5.97 Å². The van der Waals surface area contributed by atoms with Gasteiger partial charge < -0.3 is 4.74 Å². The van der Waals surface area contributed by atoms with Crippen LogP contribution in [0.5, 0.6) is 0 Å². The molecule has 0 bridgehead atoms. The highest BCUT2D eigenvalue weighted by Crippen LogP contribution is 2.38. The largest absolute Gasteiger partial charge is 0.461 e. The Morgan fingerprint density at radius 2 is 1.75 bits per heavy atom. The smallest absolute Gasteiger partial charge is 0.408 e. The Balaban J connectivity index is 1.69. The SMILES string of the molecule is C[C@@H]1C[C@H](N2CCN([C@H](c3ccccc3)C(F)(F)F)CC2)C(=O)O1. The van der Waals surface area contributed by atoms with Crippen molar-refractivity contribution in [2.75, 3.05) is 26.2 Å². The van der Waals surface area contributed by atoms with Crippen LogP contribution in [0.3, 0.4) is 0 Å². The summed E-state index contributed by atoms with van der Waals surface area (Å²) < 4.78 is 45.9. The molecular formula is C17H21F3N2O2. The Kier molecular flexibility index (Phi) is 4.83. The maximum atomic E-state index is 13.6. The molecule has 1 aromatic rings. The van der Waals surface area contributed by atoms with E-state index in [0.29, 0.717) is 19.5 Å². The number of nitrogens with zero attached hydrogens (tertiary/aromatic N) is 2. The third kappa shape index (κ3) is 3.57. The first-order valence-corrected chi connectivity index (χ1v) is 8.16. The number of cyclic esters (lactones) is 1. The molecule has 2 heterocycles. The van der Waals surface area contributed by atoms with Gasteiger partial charge in [-0.1, -0.05) is 30.3 Å². The molecule has 0 unspecified atom stereocenters. The summed E-state index contributed by atoms with van der Waals surface area (Å²) in [4.78, 5) is 15.2. The summed E-state index contributed by atoms with van der Waals surface area (Å²) in [5.41, 5.74) is 0.257. The van der Waals surface area contributed by atoms with E-state index in [4.69, 9.17) is 4.74 Å².